The molecule has 2 unspecified atom stereocenters. The highest BCUT2D eigenvalue weighted by Crippen LogP contribution is 2.50. The van der Waals surface area contributed by atoms with E-state index in [1.54, 1.807) is 18.2 Å². The van der Waals surface area contributed by atoms with Crippen LogP contribution >= 0.6 is 24.0 Å². The zero-order valence-corrected chi connectivity index (χ0v) is 18.5. The number of para-hydroxylation sites is 1. The van der Waals surface area contributed by atoms with Gasteiger partial charge >= 0.3 is 12.1 Å². The van der Waals surface area contributed by atoms with Crippen molar-refractivity contribution in [3.05, 3.63) is 53.1 Å². The van der Waals surface area contributed by atoms with E-state index in [9.17, 15) is 18.0 Å². The number of hydrogen-bond acceptors (Lipinski definition) is 6. The SMILES string of the molecule is COC(=O)CC1SC(c2cccc(OC)c2OC)c2cc(C(F)(F)F)ccc2NC1=S. The molecule has 3 rings (SSSR count). The number of rotatable bonds is 5. The van der Waals surface area contributed by atoms with Crippen LogP contribution in [0.4, 0.5) is 18.9 Å². The highest BCUT2D eigenvalue weighted by Gasteiger charge is 2.36. The number of alkyl halides is 3. The average molecular weight is 472 g/mol. The molecule has 1 aliphatic rings. The number of methoxy groups -OCH3 is 3. The molecule has 1 aliphatic heterocycles. The van der Waals surface area contributed by atoms with Crippen molar-refractivity contribution in [1.29, 1.82) is 0 Å². The van der Waals surface area contributed by atoms with Gasteiger partial charge < -0.3 is 19.5 Å². The lowest BCUT2D eigenvalue weighted by atomic mass is 9.98. The molecule has 0 saturated carbocycles. The summed E-state index contributed by atoms with van der Waals surface area (Å²) >= 11 is 6.72. The monoisotopic (exact) mass is 471 g/mol. The van der Waals surface area contributed by atoms with E-state index in [2.05, 4.69) is 5.32 Å². The van der Waals surface area contributed by atoms with Gasteiger partial charge in [0, 0.05) is 11.3 Å². The van der Waals surface area contributed by atoms with Crippen molar-refractivity contribution in [2.75, 3.05) is 26.6 Å². The van der Waals surface area contributed by atoms with Gasteiger partial charge in [-0.15, -0.1) is 11.8 Å². The van der Waals surface area contributed by atoms with Gasteiger partial charge in [0.25, 0.3) is 0 Å². The topological polar surface area (TPSA) is 56.8 Å². The highest BCUT2D eigenvalue weighted by atomic mass is 32.2. The number of nitrogens with one attached hydrogen (secondary N) is 1. The molecule has 31 heavy (non-hydrogen) atoms. The molecule has 0 aromatic heterocycles. The van der Waals surface area contributed by atoms with Crippen LogP contribution < -0.4 is 14.8 Å². The molecule has 166 valence electrons. The summed E-state index contributed by atoms with van der Waals surface area (Å²) in [6.07, 6.45) is -4.54. The zero-order valence-electron chi connectivity index (χ0n) is 16.9. The molecule has 0 spiro atoms. The molecular weight excluding hydrogens is 451 g/mol. The Hall–Kier alpha value is -2.46. The summed E-state index contributed by atoms with van der Waals surface area (Å²) < 4.78 is 56.1. The third-order valence-electron chi connectivity index (χ3n) is 4.81. The fourth-order valence-corrected chi connectivity index (χ4v) is 5.09. The summed E-state index contributed by atoms with van der Waals surface area (Å²) in [6.45, 7) is 0. The van der Waals surface area contributed by atoms with Crippen LogP contribution in [0.3, 0.4) is 0 Å². The predicted octanol–water partition coefficient (Wildman–Crippen LogP) is 5.23. The maximum Gasteiger partial charge on any atom is 0.416 e. The average Bonchev–Trinajstić information content (AvgIpc) is 2.88. The normalized spacial score (nSPS) is 18.5. The van der Waals surface area contributed by atoms with Gasteiger partial charge in [0.15, 0.2) is 11.5 Å². The number of carbonyl (C=O) groups is 1. The number of anilines is 1. The minimum absolute atomic E-state index is 0.0318. The molecule has 0 radical (unpaired) electrons. The number of ether oxygens (including phenoxy) is 3. The van der Waals surface area contributed by atoms with E-state index in [1.807, 2.05) is 0 Å². The van der Waals surface area contributed by atoms with Crippen molar-refractivity contribution in [3.8, 4) is 11.5 Å². The van der Waals surface area contributed by atoms with Crippen molar-refractivity contribution >= 4 is 40.6 Å². The van der Waals surface area contributed by atoms with E-state index < -0.39 is 28.2 Å². The zero-order chi connectivity index (χ0) is 22.8. The first kappa shape index (κ1) is 23.2. The van der Waals surface area contributed by atoms with Gasteiger partial charge in [-0.3, -0.25) is 4.79 Å². The van der Waals surface area contributed by atoms with Crippen LogP contribution in [-0.2, 0) is 15.7 Å². The second-order valence-corrected chi connectivity index (χ2v) is 8.41. The van der Waals surface area contributed by atoms with E-state index in [-0.39, 0.29) is 6.42 Å². The Morgan fingerprint density at radius 3 is 2.48 bits per heavy atom. The molecule has 0 aliphatic carbocycles. The van der Waals surface area contributed by atoms with Gasteiger partial charge in [0.2, 0.25) is 0 Å². The quantitative estimate of drug-likeness (QED) is 0.473. The van der Waals surface area contributed by atoms with Crippen LogP contribution in [0.5, 0.6) is 11.5 Å². The van der Waals surface area contributed by atoms with E-state index in [1.165, 1.54) is 39.2 Å². The number of esters is 1. The van der Waals surface area contributed by atoms with Crippen LogP contribution in [0, 0.1) is 0 Å². The van der Waals surface area contributed by atoms with Gasteiger partial charge in [-0.05, 0) is 29.8 Å². The summed E-state index contributed by atoms with van der Waals surface area (Å²) in [5.41, 5.74) is 0.639. The molecule has 10 heteroatoms. The Balaban J connectivity index is 2.20. The second kappa shape index (κ2) is 9.35. The number of hydrogen-bond donors (Lipinski definition) is 1. The van der Waals surface area contributed by atoms with Gasteiger partial charge in [-0.1, -0.05) is 24.4 Å². The van der Waals surface area contributed by atoms with Crippen molar-refractivity contribution in [1.82, 2.24) is 0 Å². The molecule has 2 aromatic carbocycles. The van der Waals surface area contributed by atoms with Gasteiger partial charge in [-0.2, -0.15) is 13.2 Å². The van der Waals surface area contributed by atoms with E-state index in [4.69, 9.17) is 26.4 Å². The fraction of sp³-hybridized carbons (Fsp3) is 0.333. The Bertz CT molecular complexity index is 997. The molecule has 2 atom stereocenters. The second-order valence-electron chi connectivity index (χ2n) is 6.66. The minimum Gasteiger partial charge on any atom is -0.493 e. The van der Waals surface area contributed by atoms with Crippen molar-refractivity contribution in [2.45, 2.75) is 23.1 Å². The highest BCUT2D eigenvalue weighted by molar-refractivity contribution is 8.02. The predicted molar refractivity (Wildman–Crippen MR) is 117 cm³/mol. The Labute approximate surface area is 187 Å². The Morgan fingerprint density at radius 1 is 1.13 bits per heavy atom. The molecule has 0 saturated heterocycles. The largest absolute Gasteiger partial charge is 0.493 e. The third-order valence-corrected chi connectivity index (χ3v) is 6.85. The third kappa shape index (κ3) is 4.90. The van der Waals surface area contributed by atoms with Crippen molar-refractivity contribution < 1.29 is 32.2 Å². The maximum absolute atomic E-state index is 13.5. The van der Waals surface area contributed by atoms with Crippen molar-refractivity contribution in [2.24, 2.45) is 0 Å². The minimum atomic E-state index is -4.51. The first-order valence-electron chi connectivity index (χ1n) is 9.14. The molecule has 1 N–H and O–H groups in total. The molecule has 1 heterocycles. The molecule has 5 nitrogen and oxygen atoms in total. The lowest BCUT2D eigenvalue weighted by Gasteiger charge is -2.24. The summed E-state index contributed by atoms with van der Waals surface area (Å²) in [4.78, 5) is 12.3. The number of thioether (sulfide) groups is 1. The van der Waals surface area contributed by atoms with Crippen LogP contribution in [0.2, 0.25) is 0 Å². The standard InChI is InChI=1S/C21H20F3NO4S2/c1-27-15-6-4-5-12(18(15)29-3)19-13-9-11(21(22,23)24)7-8-14(13)25-20(30)16(31-19)10-17(26)28-2/h4-9,16,19H,10H2,1-3H3,(H,25,30). The number of carbonyl (C=O) groups excluding carboxylic acids is 1. The molecule has 0 bridgehead atoms. The van der Waals surface area contributed by atoms with E-state index in [0.29, 0.717) is 33.3 Å². The molecular formula is C21H20F3NO4S2. The van der Waals surface area contributed by atoms with Gasteiger partial charge in [0.05, 0.1) is 48.8 Å². The fourth-order valence-electron chi connectivity index (χ4n) is 3.32. The number of fused-ring (bicyclic) bond motifs is 1. The van der Waals surface area contributed by atoms with Crippen LogP contribution in [-0.4, -0.2) is 37.5 Å². The van der Waals surface area contributed by atoms with E-state index >= 15 is 0 Å². The maximum atomic E-state index is 13.5. The number of halogens is 3. The summed E-state index contributed by atoms with van der Waals surface area (Å²) in [7, 11) is 4.21. The Morgan fingerprint density at radius 2 is 1.87 bits per heavy atom. The van der Waals surface area contributed by atoms with Gasteiger partial charge in [0.1, 0.15) is 0 Å². The van der Waals surface area contributed by atoms with E-state index in [0.717, 1.165) is 12.1 Å². The summed E-state index contributed by atoms with van der Waals surface area (Å²) in [5, 5.41) is 1.87. The molecule has 2 aromatic rings. The van der Waals surface area contributed by atoms with Crippen LogP contribution in [0.1, 0.15) is 28.4 Å². The lowest BCUT2D eigenvalue weighted by Crippen LogP contribution is -2.25. The van der Waals surface area contributed by atoms with Gasteiger partial charge in [-0.25, -0.2) is 0 Å². The molecule has 0 amide bonds. The first-order chi connectivity index (χ1) is 14.7. The summed E-state index contributed by atoms with van der Waals surface area (Å²) in [5.74, 6) is 0.369. The number of benzene rings is 2. The number of thiocarbonyl (C=S) groups is 1. The van der Waals surface area contributed by atoms with Crippen molar-refractivity contribution in [3.63, 3.8) is 0 Å². The Kier molecular flexibility index (Phi) is 7.00. The molecule has 0 fully saturated rings. The van der Waals surface area contributed by atoms with Crippen LogP contribution in [0.15, 0.2) is 36.4 Å². The first-order valence-corrected chi connectivity index (χ1v) is 10.5. The summed E-state index contributed by atoms with van der Waals surface area (Å²) in [6, 6.07) is 8.64. The lowest BCUT2D eigenvalue weighted by molar-refractivity contribution is -0.140. The van der Waals surface area contributed by atoms with Crippen LogP contribution in [0.25, 0.3) is 0 Å². The smallest absolute Gasteiger partial charge is 0.416 e.